The summed E-state index contributed by atoms with van der Waals surface area (Å²) in [5, 5.41) is 3.90. The van der Waals surface area contributed by atoms with Crippen LogP contribution < -0.4 is 5.32 Å². The van der Waals surface area contributed by atoms with E-state index in [0.717, 1.165) is 5.92 Å². The monoisotopic (exact) mass is 381 g/mol. The smallest absolute Gasteiger partial charge is 0.0454 e. The molecule has 0 spiro atoms. The Labute approximate surface area is 175 Å². The predicted octanol–water partition coefficient (Wildman–Crippen LogP) is 6.33. The molecular formula is C28H31N. The minimum absolute atomic E-state index is 0.110. The molecule has 3 unspecified atom stereocenters. The number of fused-ring (bicyclic) bond motifs is 2. The molecule has 0 aromatic heterocycles. The van der Waals surface area contributed by atoms with Crippen LogP contribution in [-0.2, 0) is 5.41 Å². The van der Waals surface area contributed by atoms with Crippen molar-refractivity contribution in [1.82, 2.24) is 5.32 Å². The van der Waals surface area contributed by atoms with Crippen LogP contribution in [-0.4, -0.2) is 11.6 Å². The van der Waals surface area contributed by atoms with E-state index in [9.17, 15) is 0 Å². The molecule has 3 aromatic carbocycles. The molecular weight excluding hydrogens is 350 g/mol. The maximum Gasteiger partial charge on any atom is 0.0454 e. The van der Waals surface area contributed by atoms with Gasteiger partial charge in [0.05, 0.1) is 0 Å². The van der Waals surface area contributed by atoms with Crippen molar-refractivity contribution in [1.29, 1.82) is 0 Å². The molecule has 2 saturated heterocycles. The van der Waals surface area contributed by atoms with Crippen molar-refractivity contribution in [2.45, 2.75) is 56.0 Å². The highest BCUT2D eigenvalue weighted by Crippen LogP contribution is 2.49. The first kappa shape index (κ1) is 18.6. The van der Waals surface area contributed by atoms with E-state index in [1.807, 2.05) is 0 Å². The van der Waals surface area contributed by atoms with E-state index in [0.29, 0.717) is 11.6 Å². The Balaban J connectivity index is 1.66. The Kier molecular flexibility index (Phi) is 4.80. The van der Waals surface area contributed by atoms with Gasteiger partial charge in [-0.05, 0) is 61.6 Å². The standard InChI is InChI=1S/C28H31N/c1-27-18-17-26(29-27)19-22(20-27)21-28(23-11-5-2-6-12-23,24-13-7-3-8-14-24)25-15-9-4-10-16-25/h2-16,22,26,29H,17-21H2,1H3. The van der Waals surface area contributed by atoms with Crippen molar-refractivity contribution in [3.8, 4) is 0 Å². The Hall–Kier alpha value is -2.38. The Morgan fingerprint density at radius 2 is 1.28 bits per heavy atom. The van der Waals surface area contributed by atoms with Gasteiger partial charge in [-0.3, -0.25) is 0 Å². The molecule has 0 radical (unpaired) electrons. The summed E-state index contributed by atoms with van der Waals surface area (Å²) in [7, 11) is 0. The average Bonchev–Trinajstić information content (AvgIpc) is 3.06. The fourth-order valence-corrected chi connectivity index (χ4v) is 6.20. The summed E-state index contributed by atoms with van der Waals surface area (Å²) in [6, 6.07) is 34.3. The van der Waals surface area contributed by atoms with E-state index in [4.69, 9.17) is 0 Å². The van der Waals surface area contributed by atoms with Crippen LogP contribution in [0.3, 0.4) is 0 Å². The predicted molar refractivity (Wildman–Crippen MR) is 121 cm³/mol. The molecule has 29 heavy (non-hydrogen) atoms. The quantitative estimate of drug-likeness (QED) is 0.509. The zero-order chi connectivity index (χ0) is 19.7. The third kappa shape index (κ3) is 3.42. The molecule has 5 rings (SSSR count). The van der Waals surface area contributed by atoms with Crippen molar-refractivity contribution in [3.05, 3.63) is 108 Å². The number of benzene rings is 3. The van der Waals surface area contributed by atoms with Crippen LogP contribution in [0.1, 0.15) is 55.7 Å². The zero-order valence-electron chi connectivity index (χ0n) is 17.4. The first-order valence-corrected chi connectivity index (χ1v) is 11.1. The van der Waals surface area contributed by atoms with Gasteiger partial charge in [0.1, 0.15) is 0 Å². The number of piperidine rings is 1. The van der Waals surface area contributed by atoms with E-state index < -0.39 is 0 Å². The summed E-state index contributed by atoms with van der Waals surface area (Å²) < 4.78 is 0. The van der Waals surface area contributed by atoms with E-state index in [1.165, 1.54) is 48.8 Å². The zero-order valence-corrected chi connectivity index (χ0v) is 17.4. The van der Waals surface area contributed by atoms with Crippen molar-refractivity contribution in [2.24, 2.45) is 5.92 Å². The minimum atomic E-state index is -0.110. The van der Waals surface area contributed by atoms with Gasteiger partial charge in [-0.2, -0.15) is 0 Å². The third-order valence-corrected chi connectivity index (χ3v) is 7.35. The molecule has 1 nitrogen and oxygen atoms in total. The van der Waals surface area contributed by atoms with Gasteiger partial charge in [-0.1, -0.05) is 91.0 Å². The molecule has 2 fully saturated rings. The largest absolute Gasteiger partial charge is 0.309 e. The van der Waals surface area contributed by atoms with Crippen LogP contribution in [0.15, 0.2) is 91.0 Å². The van der Waals surface area contributed by atoms with Crippen LogP contribution in [0.4, 0.5) is 0 Å². The lowest BCUT2D eigenvalue weighted by Gasteiger charge is -2.43. The molecule has 3 aromatic rings. The molecule has 2 heterocycles. The van der Waals surface area contributed by atoms with Gasteiger partial charge in [-0.25, -0.2) is 0 Å². The number of hydrogen-bond acceptors (Lipinski definition) is 1. The van der Waals surface area contributed by atoms with Gasteiger partial charge >= 0.3 is 0 Å². The molecule has 1 heteroatoms. The molecule has 3 atom stereocenters. The number of rotatable bonds is 5. The lowest BCUT2D eigenvalue weighted by Crippen LogP contribution is -2.48. The summed E-state index contributed by atoms with van der Waals surface area (Å²) in [5.41, 5.74) is 4.45. The van der Waals surface area contributed by atoms with Crippen molar-refractivity contribution < 1.29 is 0 Å². The third-order valence-electron chi connectivity index (χ3n) is 7.35. The Morgan fingerprint density at radius 1 is 0.793 bits per heavy atom. The highest BCUT2D eigenvalue weighted by atomic mass is 15.0. The lowest BCUT2D eigenvalue weighted by atomic mass is 9.63. The summed E-state index contributed by atoms with van der Waals surface area (Å²) >= 11 is 0. The van der Waals surface area contributed by atoms with Crippen molar-refractivity contribution in [2.75, 3.05) is 0 Å². The topological polar surface area (TPSA) is 12.0 Å². The maximum atomic E-state index is 3.90. The SMILES string of the molecule is CC12CCC(CC(CC(c3ccccc3)(c3ccccc3)c3ccccc3)C1)N2. The van der Waals surface area contributed by atoms with Crippen LogP contribution in [0.25, 0.3) is 0 Å². The van der Waals surface area contributed by atoms with Gasteiger partial charge < -0.3 is 5.32 Å². The summed E-state index contributed by atoms with van der Waals surface area (Å²) in [5.74, 6) is 0.717. The molecule has 0 aliphatic carbocycles. The first-order valence-electron chi connectivity index (χ1n) is 11.1. The van der Waals surface area contributed by atoms with Crippen molar-refractivity contribution in [3.63, 3.8) is 0 Å². The molecule has 2 aliphatic rings. The van der Waals surface area contributed by atoms with Gasteiger partial charge in [0.15, 0.2) is 0 Å². The first-order chi connectivity index (χ1) is 14.2. The highest BCUT2D eigenvalue weighted by molar-refractivity contribution is 5.50. The number of nitrogens with one attached hydrogen (secondary N) is 1. The van der Waals surface area contributed by atoms with Gasteiger partial charge in [0.25, 0.3) is 0 Å². The summed E-state index contributed by atoms with van der Waals surface area (Å²) in [6.45, 7) is 2.44. The van der Waals surface area contributed by atoms with Crippen LogP contribution in [0.5, 0.6) is 0 Å². The van der Waals surface area contributed by atoms with Crippen molar-refractivity contribution >= 4 is 0 Å². The van der Waals surface area contributed by atoms with E-state index in [2.05, 4.69) is 103 Å². The van der Waals surface area contributed by atoms with Gasteiger partial charge in [0, 0.05) is 17.0 Å². The van der Waals surface area contributed by atoms with E-state index >= 15 is 0 Å². The Morgan fingerprint density at radius 3 is 1.72 bits per heavy atom. The number of hydrogen-bond donors (Lipinski definition) is 1. The second-order valence-corrected chi connectivity index (χ2v) is 9.45. The molecule has 2 aliphatic heterocycles. The van der Waals surface area contributed by atoms with Crippen LogP contribution >= 0.6 is 0 Å². The molecule has 1 N–H and O–H groups in total. The fraction of sp³-hybridized carbons (Fsp3) is 0.357. The van der Waals surface area contributed by atoms with E-state index in [1.54, 1.807) is 0 Å². The molecule has 0 saturated carbocycles. The van der Waals surface area contributed by atoms with Gasteiger partial charge in [-0.15, -0.1) is 0 Å². The minimum Gasteiger partial charge on any atom is -0.309 e. The maximum absolute atomic E-state index is 3.90. The molecule has 148 valence electrons. The molecule has 0 amide bonds. The normalized spacial score (nSPS) is 26.4. The summed E-state index contributed by atoms with van der Waals surface area (Å²) in [6.07, 6.45) is 6.39. The second kappa shape index (κ2) is 7.46. The Bertz CT molecular complexity index is 837. The highest BCUT2D eigenvalue weighted by Gasteiger charge is 2.46. The van der Waals surface area contributed by atoms with E-state index in [-0.39, 0.29) is 5.41 Å². The average molecular weight is 382 g/mol. The fourth-order valence-electron chi connectivity index (χ4n) is 6.20. The lowest BCUT2D eigenvalue weighted by molar-refractivity contribution is 0.201. The second-order valence-electron chi connectivity index (χ2n) is 9.45. The van der Waals surface area contributed by atoms with Gasteiger partial charge in [0.2, 0.25) is 0 Å². The van der Waals surface area contributed by atoms with Crippen LogP contribution in [0, 0.1) is 5.92 Å². The molecule has 2 bridgehead atoms. The summed E-state index contributed by atoms with van der Waals surface area (Å²) in [4.78, 5) is 0. The van der Waals surface area contributed by atoms with Crippen LogP contribution in [0.2, 0.25) is 0 Å².